The highest BCUT2D eigenvalue weighted by molar-refractivity contribution is 9.10. The Morgan fingerprint density at radius 3 is 2.65 bits per heavy atom. The van der Waals surface area contributed by atoms with Crippen molar-refractivity contribution in [3.8, 4) is 0 Å². The van der Waals surface area contributed by atoms with Crippen molar-refractivity contribution < 1.29 is 12.8 Å². The number of aryl methyl sites for hydroxylation is 2. The molecule has 0 spiro atoms. The molecule has 0 saturated carbocycles. The standard InChI is InChI=1S/C13H14BrFN2O2S/c1-3-11-13(14)12(17(2)16-11)8-20(18,19)10-6-4-5-9(15)7-10/h4-7H,3,8H2,1-2H3. The van der Waals surface area contributed by atoms with E-state index in [1.807, 2.05) is 6.92 Å². The van der Waals surface area contributed by atoms with Crippen LogP contribution < -0.4 is 0 Å². The van der Waals surface area contributed by atoms with Gasteiger partial charge in [0, 0.05) is 7.05 Å². The Morgan fingerprint density at radius 2 is 2.10 bits per heavy atom. The number of rotatable bonds is 4. The molecule has 1 aromatic carbocycles. The minimum Gasteiger partial charge on any atom is -0.270 e. The van der Waals surface area contributed by atoms with E-state index in [0.29, 0.717) is 16.6 Å². The summed E-state index contributed by atoms with van der Waals surface area (Å²) in [5, 5.41) is 4.26. The lowest BCUT2D eigenvalue weighted by Crippen LogP contribution is -2.09. The number of benzene rings is 1. The van der Waals surface area contributed by atoms with Gasteiger partial charge >= 0.3 is 0 Å². The molecule has 0 bridgehead atoms. The van der Waals surface area contributed by atoms with E-state index in [1.54, 1.807) is 11.7 Å². The van der Waals surface area contributed by atoms with Crippen molar-refractivity contribution in [2.75, 3.05) is 0 Å². The summed E-state index contributed by atoms with van der Waals surface area (Å²) < 4.78 is 40.1. The predicted octanol–water partition coefficient (Wildman–Crippen LogP) is 2.86. The molecule has 0 fully saturated rings. The molecule has 7 heteroatoms. The quantitative estimate of drug-likeness (QED) is 0.842. The molecular formula is C13H14BrFN2O2S. The van der Waals surface area contributed by atoms with Crippen LogP contribution in [-0.4, -0.2) is 18.2 Å². The summed E-state index contributed by atoms with van der Waals surface area (Å²) in [6.45, 7) is 1.94. The van der Waals surface area contributed by atoms with Crippen LogP contribution in [0, 0.1) is 5.82 Å². The average Bonchev–Trinajstić information content (AvgIpc) is 2.66. The second-order valence-electron chi connectivity index (χ2n) is 4.40. The molecule has 0 unspecified atom stereocenters. The van der Waals surface area contributed by atoms with Crippen molar-refractivity contribution in [1.29, 1.82) is 0 Å². The van der Waals surface area contributed by atoms with Crippen molar-refractivity contribution in [1.82, 2.24) is 9.78 Å². The van der Waals surface area contributed by atoms with Crippen LogP contribution in [0.2, 0.25) is 0 Å². The lowest BCUT2D eigenvalue weighted by Gasteiger charge is -2.06. The van der Waals surface area contributed by atoms with E-state index in [9.17, 15) is 12.8 Å². The van der Waals surface area contributed by atoms with Gasteiger partial charge in [0.05, 0.1) is 26.5 Å². The summed E-state index contributed by atoms with van der Waals surface area (Å²) in [7, 11) is -1.91. The first kappa shape index (κ1) is 15.2. The molecule has 0 aliphatic rings. The molecule has 0 saturated heterocycles. The van der Waals surface area contributed by atoms with Crippen molar-refractivity contribution in [3.05, 3.63) is 45.9 Å². The molecule has 2 aromatic rings. The number of sulfone groups is 1. The third-order valence-corrected chi connectivity index (χ3v) is 5.53. The second-order valence-corrected chi connectivity index (χ2v) is 7.18. The van der Waals surface area contributed by atoms with Crippen molar-refractivity contribution >= 4 is 25.8 Å². The van der Waals surface area contributed by atoms with E-state index < -0.39 is 15.7 Å². The Hall–Kier alpha value is -1.21. The van der Waals surface area contributed by atoms with Gasteiger partial charge in [0.1, 0.15) is 5.82 Å². The number of halogens is 2. The van der Waals surface area contributed by atoms with E-state index >= 15 is 0 Å². The number of hydrogen-bond donors (Lipinski definition) is 0. The van der Waals surface area contributed by atoms with Crippen LogP contribution in [0.5, 0.6) is 0 Å². The van der Waals surface area contributed by atoms with Crippen molar-refractivity contribution in [3.63, 3.8) is 0 Å². The fourth-order valence-electron chi connectivity index (χ4n) is 1.90. The lowest BCUT2D eigenvalue weighted by atomic mass is 10.3. The van der Waals surface area contributed by atoms with Crippen LogP contribution in [-0.2, 0) is 29.1 Å². The van der Waals surface area contributed by atoms with Gasteiger partial charge in [-0.25, -0.2) is 12.8 Å². The van der Waals surface area contributed by atoms with Crippen LogP contribution in [0.15, 0.2) is 33.6 Å². The molecule has 2 rings (SSSR count). The van der Waals surface area contributed by atoms with E-state index in [0.717, 1.165) is 11.8 Å². The Bertz CT molecular complexity index is 741. The van der Waals surface area contributed by atoms with Crippen molar-refractivity contribution in [2.24, 2.45) is 7.05 Å². The molecule has 1 heterocycles. The monoisotopic (exact) mass is 360 g/mol. The minimum absolute atomic E-state index is 0.0244. The molecule has 20 heavy (non-hydrogen) atoms. The Labute approximate surface area is 125 Å². The van der Waals surface area contributed by atoms with Gasteiger partial charge in [0.25, 0.3) is 0 Å². The van der Waals surface area contributed by atoms with Gasteiger partial charge in [-0.05, 0) is 40.5 Å². The van der Waals surface area contributed by atoms with Crippen LogP contribution in [0.3, 0.4) is 0 Å². The zero-order valence-electron chi connectivity index (χ0n) is 11.1. The molecule has 0 aliphatic heterocycles. The number of nitrogens with zero attached hydrogens (tertiary/aromatic N) is 2. The summed E-state index contributed by atoms with van der Waals surface area (Å²) in [6.07, 6.45) is 0.703. The lowest BCUT2D eigenvalue weighted by molar-refractivity contribution is 0.587. The zero-order valence-corrected chi connectivity index (χ0v) is 13.5. The first-order valence-corrected chi connectivity index (χ1v) is 8.48. The Balaban J connectivity index is 2.41. The van der Waals surface area contributed by atoms with Gasteiger partial charge in [-0.15, -0.1) is 0 Å². The Morgan fingerprint density at radius 1 is 1.40 bits per heavy atom. The van der Waals surface area contributed by atoms with Gasteiger partial charge in [0.15, 0.2) is 9.84 Å². The maximum absolute atomic E-state index is 13.2. The van der Waals surface area contributed by atoms with Gasteiger partial charge in [0.2, 0.25) is 0 Å². The first-order chi connectivity index (χ1) is 9.35. The van der Waals surface area contributed by atoms with Crippen LogP contribution in [0.4, 0.5) is 4.39 Å². The predicted molar refractivity (Wildman–Crippen MR) is 77.6 cm³/mol. The average molecular weight is 361 g/mol. The summed E-state index contributed by atoms with van der Waals surface area (Å²) in [5.41, 5.74) is 1.36. The third-order valence-electron chi connectivity index (χ3n) is 2.98. The molecule has 0 aliphatic carbocycles. The van der Waals surface area contributed by atoms with Gasteiger partial charge < -0.3 is 0 Å². The molecule has 0 N–H and O–H groups in total. The molecule has 1 aromatic heterocycles. The van der Waals surface area contributed by atoms with Gasteiger partial charge in [-0.2, -0.15) is 5.10 Å². The zero-order chi connectivity index (χ0) is 14.9. The summed E-state index contributed by atoms with van der Waals surface area (Å²) in [6, 6.07) is 5.02. The second kappa shape index (κ2) is 5.65. The topological polar surface area (TPSA) is 52.0 Å². The molecule has 0 atom stereocenters. The first-order valence-electron chi connectivity index (χ1n) is 6.03. The van der Waals surface area contributed by atoms with E-state index in [1.165, 1.54) is 18.2 Å². The van der Waals surface area contributed by atoms with E-state index in [4.69, 9.17) is 0 Å². The maximum atomic E-state index is 13.2. The van der Waals surface area contributed by atoms with E-state index in [2.05, 4.69) is 21.0 Å². The summed E-state index contributed by atoms with van der Waals surface area (Å²) >= 11 is 3.38. The van der Waals surface area contributed by atoms with Crippen LogP contribution in [0.1, 0.15) is 18.3 Å². The fraction of sp³-hybridized carbons (Fsp3) is 0.308. The smallest absolute Gasteiger partial charge is 0.184 e. The normalized spacial score (nSPS) is 11.8. The van der Waals surface area contributed by atoms with Crippen LogP contribution in [0.25, 0.3) is 0 Å². The SMILES string of the molecule is CCc1nn(C)c(CS(=O)(=O)c2cccc(F)c2)c1Br. The van der Waals surface area contributed by atoms with Crippen molar-refractivity contribution in [2.45, 2.75) is 24.0 Å². The largest absolute Gasteiger partial charge is 0.270 e. The minimum atomic E-state index is -3.61. The highest BCUT2D eigenvalue weighted by Gasteiger charge is 2.22. The molecule has 0 amide bonds. The molecular weight excluding hydrogens is 347 g/mol. The summed E-state index contributed by atoms with van der Waals surface area (Å²) in [5.74, 6) is -0.787. The van der Waals surface area contributed by atoms with E-state index in [-0.39, 0.29) is 10.6 Å². The molecule has 108 valence electrons. The van der Waals surface area contributed by atoms with Crippen LogP contribution >= 0.6 is 15.9 Å². The summed E-state index contributed by atoms with van der Waals surface area (Å²) in [4.78, 5) is -0.0244. The molecule has 4 nitrogen and oxygen atoms in total. The third kappa shape index (κ3) is 2.93. The highest BCUT2D eigenvalue weighted by Crippen LogP contribution is 2.26. The number of aromatic nitrogens is 2. The Kier molecular flexibility index (Phi) is 4.29. The fourth-order valence-corrected chi connectivity index (χ4v) is 4.28. The highest BCUT2D eigenvalue weighted by atomic mass is 79.9. The number of hydrogen-bond acceptors (Lipinski definition) is 3. The molecule has 0 radical (unpaired) electrons. The van der Waals surface area contributed by atoms with Gasteiger partial charge in [-0.1, -0.05) is 13.0 Å². The maximum Gasteiger partial charge on any atom is 0.184 e. The van der Waals surface area contributed by atoms with Gasteiger partial charge in [-0.3, -0.25) is 4.68 Å².